The summed E-state index contributed by atoms with van der Waals surface area (Å²) in [7, 11) is -3.77. The highest BCUT2D eigenvalue weighted by molar-refractivity contribution is 9.09. The van der Waals surface area contributed by atoms with Gasteiger partial charge in [0.2, 0.25) is 11.7 Å². The molecule has 0 unspecified atom stereocenters. The van der Waals surface area contributed by atoms with Crippen LogP contribution in [-0.2, 0) is 10.0 Å². The van der Waals surface area contributed by atoms with Crippen LogP contribution in [0.5, 0.6) is 0 Å². The summed E-state index contributed by atoms with van der Waals surface area (Å²) in [5.41, 5.74) is 1.82. The first-order valence-electron chi connectivity index (χ1n) is 7.71. The first kappa shape index (κ1) is 17.7. The van der Waals surface area contributed by atoms with Gasteiger partial charge in [0.15, 0.2) is 0 Å². The molecule has 130 valence electrons. The minimum absolute atomic E-state index is 0.199. The first-order valence-corrected chi connectivity index (χ1v) is 10.3. The zero-order chi connectivity index (χ0) is 18.0. The van der Waals surface area contributed by atoms with Gasteiger partial charge in [-0.15, -0.1) is 0 Å². The fraction of sp³-hybridized carbons (Fsp3) is 0.167. The molecule has 5 nitrogen and oxygen atoms in total. The molecule has 0 saturated carbocycles. The van der Waals surface area contributed by atoms with Crippen LogP contribution in [0, 0.1) is 12.1 Å². The Labute approximate surface area is 155 Å². The van der Waals surface area contributed by atoms with Crippen molar-refractivity contribution in [2.75, 3.05) is 16.2 Å². The molecule has 3 aromatic rings. The van der Waals surface area contributed by atoms with Gasteiger partial charge in [-0.05, 0) is 31.2 Å². The van der Waals surface area contributed by atoms with Gasteiger partial charge in [-0.2, -0.15) is 4.73 Å². The van der Waals surface area contributed by atoms with E-state index in [1.807, 2.05) is 13.0 Å². The largest absolute Gasteiger partial charge is 0.618 e. The van der Waals surface area contributed by atoms with Crippen LogP contribution in [0.15, 0.2) is 65.7 Å². The van der Waals surface area contributed by atoms with Crippen LogP contribution in [0.4, 0.5) is 5.69 Å². The average Bonchev–Trinajstić information content (AvgIpc) is 2.60. The predicted molar refractivity (Wildman–Crippen MR) is 102 cm³/mol. The maximum Gasteiger partial charge on any atom is 0.264 e. The van der Waals surface area contributed by atoms with Crippen LogP contribution in [0.2, 0.25) is 0 Å². The van der Waals surface area contributed by atoms with Gasteiger partial charge in [0.05, 0.1) is 4.90 Å². The number of aryl methyl sites for hydroxylation is 1. The van der Waals surface area contributed by atoms with Gasteiger partial charge < -0.3 is 5.21 Å². The molecule has 1 heterocycles. The fourth-order valence-electron chi connectivity index (χ4n) is 2.64. The molecule has 0 radical (unpaired) electrons. The third kappa shape index (κ3) is 3.48. The number of hydrogen-bond donors (Lipinski definition) is 0. The standard InChI is InChI=1S/C18H17BrN2O3S/c1-14-6-8-17(9-7-14)25(23,24)21(11-10-19)16-12-15-4-2-3-5-18(15)20(22)13-16/h2-9,12-13H,10-11H2,1H3. The highest BCUT2D eigenvalue weighted by Crippen LogP contribution is 2.25. The van der Waals surface area contributed by atoms with Crippen molar-refractivity contribution in [1.82, 2.24) is 0 Å². The quantitative estimate of drug-likeness (QED) is 0.361. The molecule has 0 fully saturated rings. The molecule has 0 amide bonds. The molecule has 3 rings (SSSR count). The van der Waals surface area contributed by atoms with Gasteiger partial charge in [0.25, 0.3) is 10.0 Å². The normalized spacial score (nSPS) is 11.6. The van der Waals surface area contributed by atoms with Crippen LogP contribution in [0.1, 0.15) is 5.56 Å². The highest BCUT2D eigenvalue weighted by Gasteiger charge is 2.26. The molecule has 0 bridgehead atoms. The van der Waals surface area contributed by atoms with E-state index in [-0.39, 0.29) is 11.4 Å². The average molecular weight is 421 g/mol. The Morgan fingerprint density at radius 2 is 1.80 bits per heavy atom. The van der Waals surface area contributed by atoms with E-state index in [9.17, 15) is 13.6 Å². The topological polar surface area (TPSA) is 64.3 Å². The van der Waals surface area contributed by atoms with Gasteiger partial charge in [0.1, 0.15) is 5.69 Å². The number of alkyl halides is 1. The number of aromatic nitrogens is 1. The lowest BCUT2D eigenvalue weighted by Crippen LogP contribution is -2.36. The van der Waals surface area contributed by atoms with Crippen LogP contribution in [0.25, 0.3) is 10.9 Å². The van der Waals surface area contributed by atoms with Gasteiger partial charge >= 0.3 is 0 Å². The molecular weight excluding hydrogens is 404 g/mol. The SMILES string of the molecule is Cc1ccc(S(=O)(=O)N(CCBr)c2cc3ccccc3[n+]([O-])c2)cc1. The van der Waals surface area contributed by atoms with Crippen molar-refractivity contribution in [2.45, 2.75) is 11.8 Å². The summed E-state index contributed by atoms with van der Waals surface area (Å²) in [5, 5.41) is 13.4. The second-order valence-electron chi connectivity index (χ2n) is 5.66. The van der Waals surface area contributed by atoms with Crippen molar-refractivity contribution in [2.24, 2.45) is 0 Å². The number of hydrogen-bond acceptors (Lipinski definition) is 3. The number of nitrogens with zero attached hydrogens (tertiary/aromatic N) is 2. The Hall–Kier alpha value is -2.12. The number of sulfonamides is 1. The Kier molecular flexibility index (Phi) is 4.96. The van der Waals surface area contributed by atoms with Gasteiger partial charge in [-0.3, -0.25) is 4.31 Å². The third-order valence-electron chi connectivity index (χ3n) is 3.91. The summed E-state index contributed by atoms with van der Waals surface area (Å²) in [5.74, 6) is 0. The number of halogens is 1. The van der Waals surface area contributed by atoms with E-state index in [0.29, 0.717) is 26.7 Å². The maximum atomic E-state index is 13.1. The molecule has 7 heteroatoms. The lowest BCUT2D eigenvalue weighted by Gasteiger charge is -2.23. The van der Waals surface area contributed by atoms with Crippen molar-refractivity contribution in [3.63, 3.8) is 0 Å². The lowest BCUT2D eigenvalue weighted by atomic mass is 10.2. The number of anilines is 1. The van der Waals surface area contributed by atoms with E-state index < -0.39 is 10.0 Å². The van der Waals surface area contributed by atoms with Crippen LogP contribution < -0.4 is 9.04 Å². The monoisotopic (exact) mass is 420 g/mol. The predicted octanol–water partition coefficient (Wildman–Crippen LogP) is 3.37. The zero-order valence-electron chi connectivity index (χ0n) is 13.6. The Morgan fingerprint density at radius 1 is 1.12 bits per heavy atom. The van der Waals surface area contributed by atoms with E-state index in [1.54, 1.807) is 48.5 Å². The van der Waals surface area contributed by atoms with Crippen molar-refractivity contribution < 1.29 is 13.1 Å². The van der Waals surface area contributed by atoms with Crippen LogP contribution in [-0.4, -0.2) is 20.3 Å². The van der Waals surface area contributed by atoms with E-state index in [2.05, 4.69) is 15.9 Å². The maximum absolute atomic E-state index is 13.1. The zero-order valence-corrected chi connectivity index (χ0v) is 16.0. The first-order chi connectivity index (χ1) is 11.9. The minimum Gasteiger partial charge on any atom is -0.618 e. The molecule has 0 saturated heterocycles. The third-order valence-corrected chi connectivity index (χ3v) is 6.11. The summed E-state index contributed by atoms with van der Waals surface area (Å²) in [4.78, 5) is 0.199. The summed E-state index contributed by atoms with van der Waals surface area (Å²) >= 11 is 3.30. The molecule has 25 heavy (non-hydrogen) atoms. The summed E-state index contributed by atoms with van der Waals surface area (Å²) in [6, 6.07) is 15.5. The summed E-state index contributed by atoms with van der Waals surface area (Å²) < 4.78 is 28.1. The molecular formula is C18H17BrN2O3S. The Balaban J connectivity index is 2.14. The number of benzene rings is 2. The van der Waals surface area contributed by atoms with Gasteiger partial charge in [-0.1, -0.05) is 45.8 Å². The minimum atomic E-state index is -3.77. The fourth-order valence-corrected chi connectivity index (χ4v) is 4.67. The van der Waals surface area contributed by atoms with Crippen molar-refractivity contribution >= 4 is 42.5 Å². The number of para-hydroxylation sites is 1. The Morgan fingerprint density at radius 3 is 2.48 bits per heavy atom. The molecule has 2 aromatic carbocycles. The van der Waals surface area contributed by atoms with Gasteiger partial charge in [0, 0.05) is 23.3 Å². The van der Waals surface area contributed by atoms with E-state index in [4.69, 9.17) is 0 Å². The summed E-state index contributed by atoms with van der Waals surface area (Å²) in [6.45, 7) is 2.12. The molecule has 0 aliphatic rings. The number of rotatable bonds is 5. The smallest absolute Gasteiger partial charge is 0.264 e. The second kappa shape index (κ2) is 7.01. The molecule has 0 N–H and O–H groups in total. The molecule has 0 aliphatic heterocycles. The van der Waals surface area contributed by atoms with Crippen LogP contribution in [0.3, 0.4) is 0 Å². The van der Waals surface area contributed by atoms with Crippen molar-refractivity contribution in [3.05, 3.63) is 71.6 Å². The van der Waals surface area contributed by atoms with Crippen LogP contribution >= 0.6 is 15.9 Å². The van der Waals surface area contributed by atoms with E-state index in [0.717, 1.165) is 5.56 Å². The lowest BCUT2D eigenvalue weighted by molar-refractivity contribution is -0.576. The van der Waals surface area contributed by atoms with E-state index in [1.165, 1.54) is 10.5 Å². The second-order valence-corrected chi connectivity index (χ2v) is 8.32. The molecule has 1 aromatic heterocycles. The van der Waals surface area contributed by atoms with E-state index >= 15 is 0 Å². The van der Waals surface area contributed by atoms with Crippen molar-refractivity contribution in [3.8, 4) is 0 Å². The Bertz CT molecular complexity index is 1000. The number of fused-ring (bicyclic) bond motifs is 1. The molecule has 0 atom stereocenters. The highest BCUT2D eigenvalue weighted by atomic mass is 79.9. The summed E-state index contributed by atoms with van der Waals surface area (Å²) in [6.07, 6.45) is 1.30. The number of pyridine rings is 1. The molecule has 0 spiro atoms. The molecule has 0 aliphatic carbocycles. The van der Waals surface area contributed by atoms with Crippen molar-refractivity contribution in [1.29, 1.82) is 0 Å². The van der Waals surface area contributed by atoms with Gasteiger partial charge in [-0.25, -0.2) is 8.42 Å².